The smallest absolute Gasteiger partial charge is 0.411 e. The summed E-state index contributed by atoms with van der Waals surface area (Å²) in [4.78, 5) is 48.2. The zero-order valence-electron chi connectivity index (χ0n) is 27.8. The van der Waals surface area contributed by atoms with Gasteiger partial charge in [0.25, 0.3) is 0 Å². The third-order valence-corrected chi connectivity index (χ3v) is 8.49. The van der Waals surface area contributed by atoms with Crippen LogP contribution in [0.25, 0.3) is 0 Å². The molecule has 6 N–H and O–H groups in total. The predicted octanol–water partition coefficient (Wildman–Crippen LogP) is 6.00. The Kier molecular flexibility index (Phi) is 17.0. The molecule has 0 aliphatic carbocycles. The maximum absolute atomic E-state index is 13.1. The van der Waals surface area contributed by atoms with E-state index in [0.717, 1.165) is 62.5 Å². The zero-order chi connectivity index (χ0) is 34.0. The summed E-state index contributed by atoms with van der Waals surface area (Å²) in [7, 11) is 0. The molecule has 0 aliphatic heterocycles. The highest BCUT2D eigenvalue weighted by Crippen LogP contribution is 2.31. The molecule has 254 valence electrons. The Labute approximate surface area is 274 Å². The number of carboxylic acid groups (broad SMARTS) is 2. The zero-order valence-corrected chi connectivity index (χ0v) is 27.8. The highest BCUT2D eigenvalue weighted by molar-refractivity contribution is 5.94. The van der Waals surface area contributed by atoms with Crippen LogP contribution >= 0.6 is 0 Å². The molecule has 0 saturated carbocycles. The van der Waals surface area contributed by atoms with E-state index in [-0.39, 0.29) is 30.2 Å². The lowest BCUT2D eigenvalue weighted by Gasteiger charge is -2.45. The van der Waals surface area contributed by atoms with E-state index in [1.807, 2.05) is 79.8 Å². The Bertz CT molecular complexity index is 1190. The van der Waals surface area contributed by atoms with Gasteiger partial charge in [-0.3, -0.25) is 15.4 Å². The van der Waals surface area contributed by atoms with Crippen LogP contribution in [0.5, 0.6) is 0 Å². The molecule has 2 aromatic rings. The molecule has 2 rings (SSSR count). The highest BCUT2D eigenvalue weighted by Gasteiger charge is 2.44. The molecule has 10 heteroatoms. The van der Waals surface area contributed by atoms with E-state index < -0.39 is 29.8 Å². The van der Waals surface area contributed by atoms with Crippen molar-refractivity contribution in [1.29, 1.82) is 0 Å². The summed E-state index contributed by atoms with van der Waals surface area (Å²) >= 11 is 0. The molecule has 0 saturated heterocycles. The average molecular weight is 639 g/mol. The quantitative estimate of drug-likeness (QED) is 0.0521. The summed E-state index contributed by atoms with van der Waals surface area (Å²) < 4.78 is 0. The Morgan fingerprint density at radius 1 is 0.761 bits per heavy atom. The molecule has 3 amide bonds. The molecule has 0 aromatic heterocycles. The van der Waals surface area contributed by atoms with Gasteiger partial charge in [0.2, 0.25) is 5.91 Å². The second-order valence-corrected chi connectivity index (χ2v) is 12.9. The van der Waals surface area contributed by atoms with Crippen LogP contribution in [0.15, 0.2) is 60.7 Å². The van der Waals surface area contributed by atoms with E-state index in [1.165, 1.54) is 0 Å². The van der Waals surface area contributed by atoms with Gasteiger partial charge in [0, 0.05) is 6.42 Å². The molecule has 0 bridgehead atoms. The first-order chi connectivity index (χ1) is 22.0. The summed E-state index contributed by atoms with van der Waals surface area (Å²) in [5, 5.41) is 31.0. The van der Waals surface area contributed by atoms with Gasteiger partial charge in [-0.15, -0.1) is 0 Å². The summed E-state index contributed by atoms with van der Waals surface area (Å²) in [6.07, 6.45) is 5.72. The van der Waals surface area contributed by atoms with Gasteiger partial charge in [0.1, 0.15) is 11.9 Å². The number of imide groups is 1. The van der Waals surface area contributed by atoms with Gasteiger partial charge < -0.3 is 25.6 Å². The largest absolute Gasteiger partial charge is 0.465 e. The van der Waals surface area contributed by atoms with Gasteiger partial charge >= 0.3 is 12.2 Å². The van der Waals surface area contributed by atoms with Crippen molar-refractivity contribution in [3.05, 3.63) is 71.8 Å². The number of carbonyl (C=O) groups excluding carboxylic acids is 2. The summed E-state index contributed by atoms with van der Waals surface area (Å²) in [6.45, 7) is 8.47. The third-order valence-electron chi connectivity index (χ3n) is 8.49. The van der Waals surface area contributed by atoms with Crippen LogP contribution in [0.3, 0.4) is 0 Å². The lowest BCUT2D eigenvalue weighted by molar-refractivity contribution is -0.124. The van der Waals surface area contributed by atoms with E-state index in [4.69, 9.17) is 0 Å². The van der Waals surface area contributed by atoms with E-state index >= 15 is 0 Å². The van der Waals surface area contributed by atoms with Gasteiger partial charge in [-0.2, -0.15) is 0 Å². The minimum absolute atomic E-state index is 0.115. The first kappa shape index (κ1) is 38.4. The standard InChI is InChI=1S/C36H54N4O6/c1-26(2)31(25-41)37-22-16-8-6-5-7-15-21-30(23-28-17-11-9-12-18-28)36(40-35(45)46,24-29-19-13-10-14-20-29)39-32(27(3)4)33(42)38-34(43)44/h9-14,17-20,25-27,30-32,37,39-40H,5-8,15-16,21-24H2,1-4H3,(H,38,42)(H,43,44)(H,45,46)/t30-,31?,32-,36?/m0/s1. The van der Waals surface area contributed by atoms with Crippen LogP contribution in [-0.2, 0) is 22.4 Å². The Hall–Kier alpha value is -3.76. The van der Waals surface area contributed by atoms with Crippen LogP contribution in [0, 0.1) is 17.8 Å². The minimum atomic E-state index is -1.46. The number of hydrogen-bond donors (Lipinski definition) is 6. The van der Waals surface area contributed by atoms with Crippen molar-refractivity contribution >= 4 is 24.4 Å². The fourth-order valence-electron chi connectivity index (χ4n) is 5.95. The molecule has 4 atom stereocenters. The molecule has 2 unspecified atom stereocenters. The Morgan fingerprint density at radius 3 is 1.85 bits per heavy atom. The normalized spacial score (nSPS) is 14.7. The van der Waals surface area contributed by atoms with Crippen LogP contribution < -0.4 is 21.3 Å². The maximum atomic E-state index is 13.1. The van der Waals surface area contributed by atoms with Crippen molar-refractivity contribution in [1.82, 2.24) is 21.3 Å². The minimum Gasteiger partial charge on any atom is -0.465 e. The van der Waals surface area contributed by atoms with Gasteiger partial charge in [0.15, 0.2) is 0 Å². The number of unbranched alkanes of at least 4 members (excludes halogenated alkanes) is 5. The number of benzene rings is 2. The molecule has 0 fully saturated rings. The topological polar surface area (TPSA) is 157 Å². The first-order valence-electron chi connectivity index (χ1n) is 16.6. The molecule has 2 aromatic carbocycles. The number of rotatable bonds is 22. The molecule has 46 heavy (non-hydrogen) atoms. The first-order valence-corrected chi connectivity index (χ1v) is 16.6. The van der Waals surface area contributed by atoms with Gasteiger partial charge in [-0.1, -0.05) is 120 Å². The lowest BCUT2D eigenvalue weighted by Crippen LogP contribution is -2.70. The van der Waals surface area contributed by atoms with Crippen LogP contribution in [0.4, 0.5) is 9.59 Å². The highest BCUT2D eigenvalue weighted by atomic mass is 16.4. The van der Waals surface area contributed by atoms with Crippen molar-refractivity contribution in [2.24, 2.45) is 17.8 Å². The maximum Gasteiger partial charge on any atom is 0.411 e. The monoisotopic (exact) mass is 638 g/mol. The van der Waals surface area contributed by atoms with Crippen molar-refractivity contribution in [2.45, 2.75) is 103 Å². The lowest BCUT2D eigenvalue weighted by atomic mass is 9.78. The molecular weight excluding hydrogens is 584 g/mol. The number of aldehydes is 1. The van der Waals surface area contributed by atoms with Crippen molar-refractivity contribution in [3.63, 3.8) is 0 Å². The van der Waals surface area contributed by atoms with Crippen molar-refractivity contribution in [3.8, 4) is 0 Å². The predicted molar refractivity (Wildman–Crippen MR) is 181 cm³/mol. The van der Waals surface area contributed by atoms with Gasteiger partial charge in [-0.05, 0) is 54.7 Å². The summed E-state index contributed by atoms with van der Waals surface area (Å²) in [5.74, 6) is -1.07. The van der Waals surface area contributed by atoms with E-state index in [0.29, 0.717) is 12.8 Å². The number of hydrogen-bond acceptors (Lipinski definition) is 6. The summed E-state index contributed by atoms with van der Waals surface area (Å²) in [5.41, 5.74) is 0.633. The van der Waals surface area contributed by atoms with Crippen molar-refractivity contribution in [2.75, 3.05) is 6.54 Å². The second-order valence-electron chi connectivity index (χ2n) is 12.9. The van der Waals surface area contributed by atoms with Crippen molar-refractivity contribution < 1.29 is 29.4 Å². The Balaban J connectivity index is 2.31. The van der Waals surface area contributed by atoms with E-state index in [2.05, 4.69) is 16.0 Å². The third kappa shape index (κ3) is 13.7. The number of nitrogens with one attached hydrogen (secondary N) is 4. The van der Waals surface area contributed by atoms with Crippen LogP contribution in [0.2, 0.25) is 0 Å². The molecule has 10 nitrogen and oxygen atoms in total. The molecule has 0 radical (unpaired) electrons. The Morgan fingerprint density at radius 2 is 1.33 bits per heavy atom. The fourth-order valence-corrected chi connectivity index (χ4v) is 5.95. The molecule has 0 heterocycles. The summed E-state index contributed by atoms with van der Waals surface area (Å²) in [6, 6.07) is 18.3. The van der Waals surface area contributed by atoms with E-state index in [1.54, 1.807) is 13.8 Å². The second kappa shape index (κ2) is 20.4. The van der Waals surface area contributed by atoms with Crippen LogP contribution in [0.1, 0.15) is 83.8 Å². The SMILES string of the molecule is CC(C)C(C=O)NCCCCCCCC[C@@H](Cc1ccccc1)C(Cc1ccccc1)(NC(=O)O)N[C@H](C(=O)NC(=O)O)C(C)C. The number of carbonyl (C=O) groups is 4. The number of amides is 3. The molecule has 0 aliphatic rings. The fraction of sp³-hybridized carbons (Fsp3) is 0.556. The van der Waals surface area contributed by atoms with Gasteiger partial charge in [0.05, 0.1) is 12.1 Å². The van der Waals surface area contributed by atoms with Crippen LogP contribution in [-0.4, -0.2) is 58.9 Å². The molecule has 0 spiro atoms. The van der Waals surface area contributed by atoms with Gasteiger partial charge in [-0.25, -0.2) is 9.59 Å². The van der Waals surface area contributed by atoms with E-state index in [9.17, 15) is 29.4 Å². The molecular formula is C36H54N4O6. The average Bonchev–Trinajstić information content (AvgIpc) is 3.00.